The van der Waals surface area contributed by atoms with Gasteiger partial charge in [0.1, 0.15) is 0 Å². The van der Waals surface area contributed by atoms with Crippen molar-refractivity contribution in [1.82, 2.24) is 4.90 Å². The van der Waals surface area contributed by atoms with Crippen LogP contribution in [0.2, 0.25) is 0 Å². The molecule has 0 unspecified atom stereocenters. The zero-order valence-electron chi connectivity index (χ0n) is 10.4. The average molecular weight is 305 g/mol. The van der Waals surface area contributed by atoms with Crippen LogP contribution >= 0.6 is 15.9 Å². The summed E-state index contributed by atoms with van der Waals surface area (Å²) in [4.78, 5) is 2.28. The molecule has 0 fully saturated rings. The van der Waals surface area contributed by atoms with E-state index in [2.05, 4.69) is 58.2 Å². The van der Waals surface area contributed by atoms with Crippen molar-refractivity contribution >= 4 is 21.6 Å². The molecule has 0 spiro atoms. The predicted molar refractivity (Wildman–Crippen MR) is 80.2 cm³/mol. The Balaban J connectivity index is 1.96. The van der Waals surface area contributed by atoms with Gasteiger partial charge in [-0.05, 0) is 42.4 Å². The highest BCUT2D eigenvalue weighted by Gasteiger charge is 2.02. The maximum atomic E-state index is 5.78. The summed E-state index contributed by atoms with van der Waals surface area (Å²) in [6, 6.07) is 16.5. The summed E-state index contributed by atoms with van der Waals surface area (Å²) in [5, 5.41) is 0. The molecule has 0 radical (unpaired) electrons. The summed E-state index contributed by atoms with van der Waals surface area (Å²) in [5.74, 6) is 0. The van der Waals surface area contributed by atoms with Crippen LogP contribution in [0.3, 0.4) is 0 Å². The van der Waals surface area contributed by atoms with Crippen LogP contribution in [0.25, 0.3) is 0 Å². The largest absolute Gasteiger partial charge is 0.399 e. The molecule has 0 saturated heterocycles. The molecule has 0 heterocycles. The van der Waals surface area contributed by atoms with E-state index in [9.17, 15) is 0 Å². The first-order valence-electron chi connectivity index (χ1n) is 5.91. The Labute approximate surface area is 117 Å². The summed E-state index contributed by atoms with van der Waals surface area (Å²) in [6.45, 7) is 1.84. The maximum absolute atomic E-state index is 5.78. The van der Waals surface area contributed by atoms with E-state index in [4.69, 9.17) is 5.73 Å². The van der Waals surface area contributed by atoms with Crippen molar-refractivity contribution in [3.8, 4) is 0 Å². The van der Waals surface area contributed by atoms with Gasteiger partial charge in [0, 0.05) is 23.2 Å². The van der Waals surface area contributed by atoms with Gasteiger partial charge in [0.15, 0.2) is 0 Å². The molecule has 18 heavy (non-hydrogen) atoms. The standard InChI is InChI=1S/C15H17BrN2/c1-18(10-12-5-7-14(16)8-6-12)11-13-3-2-4-15(17)9-13/h2-9H,10-11,17H2,1H3. The quantitative estimate of drug-likeness (QED) is 0.873. The number of hydrogen-bond donors (Lipinski definition) is 1. The van der Waals surface area contributed by atoms with Crippen LogP contribution in [-0.4, -0.2) is 11.9 Å². The van der Waals surface area contributed by atoms with E-state index in [0.717, 1.165) is 23.2 Å². The molecular weight excluding hydrogens is 288 g/mol. The molecule has 2 nitrogen and oxygen atoms in total. The fraction of sp³-hybridized carbons (Fsp3) is 0.200. The Hall–Kier alpha value is -1.32. The third-order valence-electron chi connectivity index (χ3n) is 2.77. The Morgan fingerprint density at radius 1 is 1.00 bits per heavy atom. The Morgan fingerprint density at radius 2 is 1.67 bits per heavy atom. The second-order valence-electron chi connectivity index (χ2n) is 4.54. The monoisotopic (exact) mass is 304 g/mol. The van der Waals surface area contributed by atoms with Crippen molar-refractivity contribution in [1.29, 1.82) is 0 Å². The molecule has 0 amide bonds. The number of nitrogens with two attached hydrogens (primary N) is 1. The van der Waals surface area contributed by atoms with Crippen LogP contribution in [0, 0.1) is 0 Å². The Morgan fingerprint density at radius 3 is 2.33 bits per heavy atom. The minimum absolute atomic E-state index is 0.824. The molecule has 0 bridgehead atoms. The smallest absolute Gasteiger partial charge is 0.0317 e. The SMILES string of the molecule is CN(Cc1ccc(Br)cc1)Cc1cccc(N)c1. The van der Waals surface area contributed by atoms with Gasteiger partial charge in [0.05, 0.1) is 0 Å². The van der Waals surface area contributed by atoms with Crippen LogP contribution in [0.1, 0.15) is 11.1 Å². The lowest BCUT2D eigenvalue weighted by atomic mass is 10.1. The first kappa shape index (κ1) is 13.1. The minimum Gasteiger partial charge on any atom is -0.399 e. The van der Waals surface area contributed by atoms with Gasteiger partial charge in [-0.3, -0.25) is 4.90 Å². The van der Waals surface area contributed by atoms with Gasteiger partial charge in [0.25, 0.3) is 0 Å². The molecular formula is C15H17BrN2. The highest BCUT2D eigenvalue weighted by Crippen LogP contribution is 2.14. The van der Waals surface area contributed by atoms with E-state index >= 15 is 0 Å². The summed E-state index contributed by atoms with van der Waals surface area (Å²) in [7, 11) is 2.12. The van der Waals surface area contributed by atoms with Gasteiger partial charge < -0.3 is 5.73 Å². The predicted octanol–water partition coefficient (Wildman–Crippen LogP) is 3.66. The van der Waals surface area contributed by atoms with Crippen molar-refractivity contribution in [3.05, 3.63) is 64.1 Å². The summed E-state index contributed by atoms with van der Waals surface area (Å²) >= 11 is 3.45. The first-order chi connectivity index (χ1) is 8.63. The highest BCUT2D eigenvalue weighted by atomic mass is 79.9. The Kier molecular flexibility index (Phi) is 4.39. The van der Waals surface area contributed by atoms with Gasteiger partial charge >= 0.3 is 0 Å². The van der Waals surface area contributed by atoms with Crippen molar-refractivity contribution in [2.45, 2.75) is 13.1 Å². The molecule has 0 aliphatic heterocycles. The highest BCUT2D eigenvalue weighted by molar-refractivity contribution is 9.10. The number of hydrogen-bond acceptors (Lipinski definition) is 2. The second kappa shape index (κ2) is 6.03. The van der Waals surface area contributed by atoms with E-state index in [0.29, 0.717) is 0 Å². The molecule has 2 aromatic rings. The third-order valence-corrected chi connectivity index (χ3v) is 3.30. The summed E-state index contributed by atoms with van der Waals surface area (Å²) < 4.78 is 1.12. The van der Waals surface area contributed by atoms with Gasteiger partial charge in [0.2, 0.25) is 0 Å². The summed E-state index contributed by atoms with van der Waals surface area (Å²) in [6.07, 6.45) is 0. The van der Waals surface area contributed by atoms with Gasteiger partial charge in [-0.1, -0.05) is 40.2 Å². The molecule has 0 aliphatic rings. The lowest BCUT2D eigenvalue weighted by molar-refractivity contribution is 0.319. The molecule has 0 aromatic heterocycles. The van der Waals surface area contributed by atoms with E-state index in [1.165, 1.54) is 11.1 Å². The van der Waals surface area contributed by atoms with Crippen LogP contribution in [0.4, 0.5) is 5.69 Å². The number of anilines is 1. The number of rotatable bonds is 4. The number of benzene rings is 2. The fourth-order valence-electron chi connectivity index (χ4n) is 1.96. The molecule has 0 aliphatic carbocycles. The summed E-state index contributed by atoms with van der Waals surface area (Å²) in [5.41, 5.74) is 9.16. The van der Waals surface area contributed by atoms with Gasteiger partial charge in [-0.25, -0.2) is 0 Å². The topological polar surface area (TPSA) is 29.3 Å². The average Bonchev–Trinajstić information content (AvgIpc) is 2.32. The Bertz CT molecular complexity index is 508. The molecule has 2 aromatic carbocycles. The van der Waals surface area contributed by atoms with Crippen LogP contribution < -0.4 is 5.73 Å². The van der Waals surface area contributed by atoms with E-state index in [1.807, 2.05) is 18.2 Å². The molecule has 94 valence electrons. The van der Waals surface area contributed by atoms with Crippen molar-refractivity contribution < 1.29 is 0 Å². The van der Waals surface area contributed by atoms with E-state index < -0.39 is 0 Å². The zero-order valence-corrected chi connectivity index (χ0v) is 12.0. The molecule has 0 saturated carbocycles. The fourth-order valence-corrected chi connectivity index (χ4v) is 2.22. The van der Waals surface area contributed by atoms with Crippen LogP contribution in [0.5, 0.6) is 0 Å². The second-order valence-corrected chi connectivity index (χ2v) is 5.46. The normalized spacial score (nSPS) is 10.8. The van der Waals surface area contributed by atoms with Crippen LogP contribution in [0.15, 0.2) is 53.0 Å². The molecule has 2 N–H and O–H groups in total. The van der Waals surface area contributed by atoms with E-state index in [-0.39, 0.29) is 0 Å². The third kappa shape index (κ3) is 3.86. The van der Waals surface area contributed by atoms with Crippen LogP contribution in [-0.2, 0) is 13.1 Å². The zero-order chi connectivity index (χ0) is 13.0. The van der Waals surface area contributed by atoms with Gasteiger partial charge in [-0.15, -0.1) is 0 Å². The molecule has 0 atom stereocenters. The maximum Gasteiger partial charge on any atom is 0.0317 e. The first-order valence-corrected chi connectivity index (χ1v) is 6.70. The van der Waals surface area contributed by atoms with Gasteiger partial charge in [-0.2, -0.15) is 0 Å². The van der Waals surface area contributed by atoms with Crippen molar-refractivity contribution in [3.63, 3.8) is 0 Å². The number of nitrogens with zero attached hydrogens (tertiary/aromatic N) is 1. The molecule has 3 heteroatoms. The lowest BCUT2D eigenvalue weighted by Crippen LogP contribution is -2.17. The van der Waals surface area contributed by atoms with Crippen molar-refractivity contribution in [2.24, 2.45) is 0 Å². The number of nitrogen functional groups attached to an aromatic ring is 1. The minimum atomic E-state index is 0.824. The van der Waals surface area contributed by atoms with E-state index in [1.54, 1.807) is 0 Å². The number of halogens is 1. The lowest BCUT2D eigenvalue weighted by Gasteiger charge is -2.17. The van der Waals surface area contributed by atoms with Crippen molar-refractivity contribution in [2.75, 3.05) is 12.8 Å². The molecule has 2 rings (SSSR count).